The third-order valence-corrected chi connectivity index (χ3v) is 4.80. The first kappa shape index (κ1) is 23.1. The van der Waals surface area contributed by atoms with Gasteiger partial charge in [-0.25, -0.2) is 4.68 Å². The van der Waals surface area contributed by atoms with Gasteiger partial charge >= 0.3 is 6.18 Å². The topological polar surface area (TPSA) is 73.2 Å². The van der Waals surface area contributed by atoms with E-state index in [0.717, 1.165) is 22.4 Å². The number of hydrogen-bond acceptors (Lipinski definition) is 4. The molecule has 0 saturated heterocycles. The zero-order valence-electron chi connectivity index (χ0n) is 17.7. The van der Waals surface area contributed by atoms with Crippen molar-refractivity contribution in [3.05, 3.63) is 87.3 Å². The number of halogens is 3. The van der Waals surface area contributed by atoms with Crippen LogP contribution in [0.2, 0.25) is 0 Å². The molecule has 0 fully saturated rings. The highest BCUT2D eigenvalue weighted by Gasteiger charge is 2.34. The molecule has 0 aliphatic rings. The predicted octanol–water partition coefficient (Wildman–Crippen LogP) is 4.45. The van der Waals surface area contributed by atoms with Crippen molar-refractivity contribution in [2.24, 2.45) is 0 Å². The molecule has 1 atom stereocenters. The van der Waals surface area contributed by atoms with Crippen LogP contribution < -0.4 is 15.5 Å². The first-order chi connectivity index (χ1) is 15.1. The molecule has 0 aliphatic carbocycles. The number of aryl methyl sites for hydroxylation is 1. The lowest BCUT2D eigenvalue weighted by molar-refractivity contribution is -0.137. The standard InChI is InChI=1S/C23H22F3N3O3/c1-4-32-17-11-9-16(10-12-17)15(3)27-22(31)21-20(30)13-14(2)29(28-21)19-8-6-5-7-18(19)23(24,25)26/h5-13,15H,4H2,1-3H3,(H,27,31). The van der Waals surface area contributed by atoms with Crippen molar-refractivity contribution in [3.8, 4) is 11.4 Å². The van der Waals surface area contributed by atoms with Crippen molar-refractivity contribution in [1.82, 2.24) is 15.1 Å². The van der Waals surface area contributed by atoms with Crippen LogP contribution in [0, 0.1) is 6.92 Å². The van der Waals surface area contributed by atoms with Crippen molar-refractivity contribution in [2.75, 3.05) is 6.61 Å². The number of nitrogens with one attached hydrogen (secondary N) is 1. The van der Waals surface area contributed by atoms with Gasteiger partial charge in [-0.05, 0) is 50.6 Å². The van der Waals surface area contributed by atoms with E-state index >= 15 is 0 Å². The van der Waals surface area contributed by atoms with Gasteiger partial charge < -0.3 is 10.1 Å². The molecule has 1 N–H and O–H groups in total. The quantitative estimate of drug-likeness (QED) is 0.609. The molecular weight excluding hydrogens is 423 g/mol. The van der Waals surface area contributed by atoms with Crippen molar-refractivity contribution in [1.29, 1.82) is 0 Å². The third-order valence-electron chi connectivity index (χ3n) is 4.80. The summed E-state index contributed by atoms with van der Waals surface area (Å²) >= 11 is 0. The number of para-hydroxylation sites is 1. The summed E-state index contributed by atoms with van der Waals surface area (Å²) < 4.78 is 46.7. The number of carbonyl (C=O) groups excluding carboxylic acids is 1. The SMILES string of the molecule is CCOc1ccc(C(C)NC(=O)c2nn(-c3ccccc3C(F)(F)F)c(C)cc2=O)cc1. The Morgan fingerprint density at radius 3 is 2.44 bits per heavy atom. The van der Waals surface area contributed by atoms with Crippen LogP contribution in [-0.2, 0) is 6.18 Å². The number of hydrogen-bond donors (Lipinski definition) is 1. The zero-order chi connectivity index (χ0) is 23.5. The minimum absolute atomic E-state index is 0.169. The lowest BCUT2D eigenvalue weighted by atomic mass is 10.1. The molecule has 9 heteroatoms. The second-order valence-corrected chi connectivity index (χ2v) is 7.12. The van der Waals surface area contributed by atoms with Gasteiger partial charge in [-0.2, -0.15) is 18.3 Å². The summed E-state index contributed by atoms with van der Waals surface area (Å²) in [4.78, 5) is 25.2. The highest BCUT2D eigenvalue weighted by Crippen LogP contribution is 2.33. The monoisotopic (exact) mass is 445 g/mol. The minimum Gasteiger partial charge on any atom is -0.494 e. The van der Waals surface area contributed by atoms with Crippen LogP contribution in [0.1, 0.15) is 47.2 Å². The van der Waals surface area contributed by atoms with Gasteiger partial charge in [0.2, 0.25) is 5.43 Å². The lowest BCUT2D eigenvalue weighted by Gasteiger charge is -2.18. The van der Waals surface area contributed by atoms with Crippen molar-refractivity contribution in [3.63, 3.8) is 0 Å². The summed E-state index contributed by atoms with van der Waals surface area (Å²) in [7, 11) is 0. The van der Waals surface area contributed by atoms with Crippen molar-refractivity contribution >= 4 is 5.91 Å². The molecule has 3 rings (SSSR count). The molecule has 0 spiro atoms. The molecule has 0 saturated carbocycles. The smallest absolute Gasteiger partial charge is 0.418 e. The van der Waals surface area contributed by atoms with Gasteiger partial charge in [0.25, 0.3) is 5.91 Å². The summed E-state index contributed by atoms with van der Waals surface area (Å²) in [6.07, 6.45) is -4.63. The van der Waals surface area contributed by atoms with Crippen LogP contribution >= 0.6 is 0 Å². The molecule has 0 bridgehead atoms. The lowest BCUT2D eigenvalue weighted by Crippen LogP contribution is -2.33. The number of aromatic nitrogens is 2. The maximum absolute atomic E-state index is 13.4. The summed E-state index contributed by atoms with van der Waals surface area (Å²) in [6.45, 7) is 5.56. The van der Waals surface area contributed by atoms with Crippen LogP contribution in [0.3, 0.4) is 0 Å². The molecule has 1 heterocycles. The Morgan fingerprint density at radius 2 is 1.81 bits per heavy atom. The van der Waals surface area contributed by atoms with Crippen molar-refractivity contribution in [2.45, 2.75) is 33.0 Å². The first-order valence-electron chi connectivity index (χ1n) is 9.93. The fraction of sp³-hybridized carbons (Fsp3) is 0.261. The van der Waals surface area contributed by atoms with E-state index in [1.807, 2.05) is 6.92 Å². The van der Waals surface area contributed by atoms with Crippen molar-refractivity contribution < 1.29 is 22.7 Å². The summed E-state index contributed by atoms with van der Waals surface area (Å²) in [5.74, 6) is -0.101. The number of benzene rings is 2. The van der Waals surface area contributed by atoms with E-state index < -0.39 is 34.8 Å². The van der Waals surface area contributed by atoms with Gasteiger partial charge in [0, 0.05) is 11.8 Å². The Bertz CT molecular complexity index is 1170. The average molecular weight is 445 g/mol. The van der Waals surface area contributed by atoms with Gasteiger partial charge in [0.1, 0.15) is 5.75 Å². The van der Waals surface area contributed by atoms with E-state index in [-0.39, 0.29) is 11.4 Å². The molecule has 1 unspecified atom stereocenters. The Morgan fingerprint density at radius 1 is 1.16 bits per heavy atom. The fourth-order valence-electron chi connectivity index (χ4n) is 3.21. The van der Waals surface area contributed by atoms with Crippen LogP contribution in [0.15, 0.2) is 59.4 Å². The van der Waals surface area contributed by atoms with Gasteiger partial charge in [-0.15, -0.1) is 0 Å². The normalized spacial score (nSPS) is 12.3. The molecule has 0 radical (unpaired) electrons. The van der Waals surface area contributed by atoms with Crippen LogP contribution in [0.5, 0.6) is 5.75 Å². The van der Waals surface area contributed by atoms with Gasteiger partial charge in [0.15, 0.2) is 5.69 Å². The highest BCUT2D eigenvalue weighted by molar-refractivity contribution is 5.92. The molecular formula is C23H22F3N3O3. The van der Waals surface area contributed by atoms with E-state index in [4.69, 9.17) is 4.74 Å². The molecule has 32 heavy (non-hydrogen) atoms. The minimum atomic E-state index is -4.63. The number of rotatable bonds is 6. The Labute approximate surface area is 182 Å². The zero-order valence-corrected chi connectivity index (χ0v) is 17.7. The largest absolute Gasteiger partial charge is 0.494 e. The summed E-state index contributed by atoms with van der Waals surface area (Å²) in [6, 6.07) is 12.5. The number of alkyl halides is 3. The number of nitrogens with zero attached hydrogens (tertiary/aromatic N) is 2. The molecule has 0 aliphatic heterocycles. The van der Waals surface area contributed by atoms with Crippen LogP contribution in [0.25, 0.3) is 5.69 Å². The fourth-order valence-corrected chi connectivity index (χ4v) is 3.21. The molecule has 168 valence electrons. The van der Waals surface area contributed by atoms with E-state index in [1.54, 1.807) is 31.2 Å². The summed E-state index contributed by atoms with van der Waals surface area (Å²) in [5, 5.41) is 6.64. The van der Waals surface area contributed by atoms with E-state index in [9.17, 15) is 22.8 Å². The van der Waals surface area contributed by atoms with E-state index in [2.05, 4.69) is 10.4 Å². The number of carbonyl (C=O) groups is 1. The summed E-state index contributed by atoms with van der Waals surface area (Å²) in [5.41, 5.74) is -1.44. The van der Waals surface area contributed by atoms with Gasteiger partial charge in [0.05, 0.1) is 23.9 Å². The first-order valence-corrected chi connectivity index (χ1v) is 9.93. The molecule has 2 aromatic carbocycles. The van der Waals surface area contributed by atoms with Crippen LogP contribution in [-0.4, -0.2) is 22.3 Å². The molecule has 1 amide bonds. The second-order valence-electron chi connectivity index (χ2n) is 7.12. The second kappa shape index (κ2) is 9.25. The van der Waals surface area contributed by atoms with Crippen LogP contribution in [0.4, 0.5) is 13.2 Å². The van der Waals surface area contributed by atoms with E-state index in [1.165, 1.54) is 25.1 Å². The maximum atomic E-state index is 13.4. The highest BCUT2D eigenvalue weighted by atomic mass is 19.4. The number of amides is 1. The average Bonchev–Trinajstić information content (AvgIpc) is 2.74. The Hall–Kier alpha value is -3.62. The molecule has 1 aromatic heterocycles. The Balaban J connectivity index is 1.92. The predicted molar refractivity (Wildman–Crippen MR) is 113 cm³/mol. The third kappa shape index (κ3) is 4.99. The molecule has 3 aromatic rings. The number of ether oxygens (including phenoxy) is 1. The van der Waals surface area contributed by atoms with Gasteiger partial charge in [-0.1, -0.05) is 24.3 Å². The molecule has 6 nitrogen and oxygen atoms in total. The van der Waals surface area contributed by atoms with Gasteiger partial charge in [-0.3, -0.25) is 9.59 Å². The van der Waals surface area contributed by atoms with E-state index in [0.29, 0.717) is 12.4 Å². The maximum Gasteiger partial charge on any atom is 0.418 e. The Kier molecular flexibility index (Phi) is 6.67.